The molecule has 0 spiro atoms. The molecule has 0 atom stereocenters. The van der Waals surface area contributed by atoms with Crippen molar-refractivity contribution in [1.82, 2.24) is 4.57 Å². The summed E-state index contributed by atoms with van der Waals surface area (Å²) in [6, 6.07) is 3.91. The zero-order valence-corrected chi connectivity index (χ0v) is 11.5. The van der Waals surface area contributed by atoms with Gasteiger partial charge in [-0.25, -0.2) is 0 Å². The van der Waals surface area contributed by atoms with Crippen molar-refractivity contribution in [1.29, 1.82) is 0 Å². The molecule has 5 rings (SSSR count). The Morgan fingerprint density at radius 2 is 1.63 bits per heavy atom. The molecule has 1 aromatic rings. The van der Waals surface area contributed by atoms with Gasteiger partial charge in [-0.05, 0) is 67.9 Å². The minimum atomic E-state index is -0.0219. The number of hydrogen-bond acceptors (Lipinski definition) is 2. The molecule has 4 aliphatic carbocycles. The average molecular weight is 258 g/mol. The average Bonchev–Trinajstić information content (AvgIpc) is 2.37. The van der Waals surface area contributed by atoms with Crippen molar-refractivity contribution in [2.45, 2.75) is 38.0 Å². The van der Waals surface area contributed by atoms with Gasteiger partial charge in [0.2, 0.25) is 0 Å². The highest BCUT2D eigenvalue weighted by Crippen LogP contribution is 2.59. The van der Waals surface area contributed by atoms with Crippen LogP contribution >= 0.6 is 0 Å². The first-order valence-corrected chi connectivity index (χ1v) is 7.59. The van der Waals surface area contributed by atoms with Gasteiger partial charge in [0.05, 0.1) is 5.69 Å². The number of pyridine rings is 1. The molecular formula is C16H22N2O. The third-order valence-corrected chi connectivity index (χ3v) is 5.94. The molecule has 4 fully saturated rings. The van der Waals surface area contributed by atoms with Gasteiger partial charge in [-0.3, -0.25) is 4.79 Å². The number of nitrogens with zero attached hydrogens (tertiary/aromatic N) is 1. The van der Waals surface area contributed by atoms with E-state index >= 15 is 0 Å². The molecule has 1 aromatic heterocycles. The van der Waals surface area contributed by atoms with Crippen LogP contribution in [0.25, 0.3) is 0 Å². The number of nitrogens with two attached hydrogens (primary N) is 1. The summed E-state index contributed by atoms with van der Waals surface area (Å²) in [6.45, 7) is 0. The monoisotopic (exact) mass is 258 g/mol. The lowest BCUT2D eigenvalue weighted by Crippen LogP contribution is -2.45. The fourth-order valence-corrected chi connectivity index (χ4v) is 5.41. The van der Waals surface area contributed by atoms with Gasteiger partial charge in [0.25, 0.3) is 5.56 Å². The zero-order valence-electron chi connectivity index (χ0n) is 11.5. The molecule has 0 unspecified atom stereocenters. The van der Waals surface area contributed by atoms with Crippen LogP contribution in [-0.2, 0) is 7.05 Å². The third kappa shape index (κ3) is 1.60. The van der Waals surface area contributed by atoms with Gasteiger partial charge in [0, 0.05) is 18.7 Å². The summed E-state index contributed by atoms with van der Waals surface area (Å²) >= 11 is 0. The van der Waals surface area contributed by atoms with Crippen molar-refractivity contribution < 1.29 is 0 Å². The summed E-state index contributed by atoms with van der Waals surface area (Å²) in [7, 11) is 1.89. The molecular weight excluding hydrogens is 236 g/mol. The summed E-state index contributed by atoms with van der Waals surface area (Å²) < 4.78 is 1.81. The second kappa shape index (κ2) is 3.87. The van der Waals surface area contributed by atoms with Crippen LogP contribution in [0.4, 0.5) is 5.69 Å². The highest BCUT2D eigenvalue weighted by molar-refractivity contribution is 5.37. The quantitative estimate of drug-likeness (QED) is 0.841. The molecule has 4 saturated carbocycles. The molecule has 4 bridgehead atoms. The van der Waals surface area contributed by atoms with Gasteiger partial charge in [-0.1, -0.05) is 0 Å². The van der Waals surface area contributed by atoms with E-state index in [9.17, 15) is 4.79 Å². The summed E-state index contributed by atoms with van der Waals surface area (Å²) in [4.78, 5) is 12.1. The van der Waals surface area contributed by atoms with Crippen LogP contribution in [0, 0.1) is 23.7 Å². The summed E-state index contributed by atoms with van der Waals surface area (Å²) in [5, 5.41) is 0. The predicted molar refractivity (Wildman–Crippen MR) is 75.9 cm³/mol. The van der Waals surface area contributed by atoms with Crippen molar-refractivity contribution in [3.05, 3.63) is 28.2 Å². The highest BCUT2D eigenvalue weighted by atomic mass is 16.1. The van der Waals surface area contributed by atoms with Gasteiger partial charge in [0.1, 0.15) is 0 Å². The maximum atomic E-state index is 12.1. The Morgan fingerprint density at radius 1 is 1.05 bits per heavy atom. The Kier molecular flexibility index (Phi) is 2.36. The Labute approximate surface area is 113 Å². The number of rotatable bonds is 1. The molecule has 0 amide bonds. The van der Waals surface area contributed by atoms with Crippen LogP contribution < -0.4 is 11.3 Å². The maximum Gasteiger partial charge on any atom is 0.273 e. The molecule has 102 valence electrons. The standard InChI is InChI=1S/C16H22N2O/c1-18-14(3-2-13(17)16(18)19)15-11-5-9-4-10(7-11)8-12(15)6-9/h2-3,9-12,15H,4-8,17H2,1H3. The minimum Gasteiger partial charge on any atom is -0.394 e. The van der Waals surface area contributed by atoms with Crippen molar-refractivity contribution in [3.63, 3.8) is 0 Å². The smallest absolute Gasteiger partial charge is 0.273 e. The normalized spacial score (nSPS) is 39.7. The van der Waals surface area contributed by atoms with Crippen molar-refractivity contribution >= 4 is 5.69 Å². The lowest BCUT2D eigenvalue weighted by atomic mass is 9.51. The second-order valence-corrected chi connectivity index (χ2v) is 7.03. The SMILES string of the molecule is Cn1c(C2C3CC4CC(C3)CC2C4)ccc(N)c1=O. The van der Waals surface area contributed by atoms with Gasteiger partial charge >= 0.3 is 0 Å². The topological polar surface area (TPSA) is 48.0 Å². The van der Waals surface area contributed by atoms with E-state index in [0.717, 1.165) is 23.7 Å². The van der Waals surface area contributed by atoms with E-state index in [4.69, 9.17) is 5.73 Å². The zero-order chi connectivity index (χ0) is 13.1. The first-order valence-electron chi connectivity index (χ1n) is 7.59. The molecule has 2 N–H and O–H groups in total. The van der Waals surface area contributed by atoms with Crippen LogP contribution in [0.5, 0.6) is 0 Å². The number of hydrogen-bond donors (Lipinski definition) is 1. The Bertz CT molecular complexity index is 547. The number of aromatic nitrogens is 1. The minimum absolute atomic E-state index is 0.0219. The molecule has 0 aromatic carbocycles. The Balaban J connectivity index is 1.77. The van der Waals surface area contributed by atoms with Gasteiger partial charge in [0.15, 0.2) is 0 Å². The van der Waals surface area contributed by atoms with Crippen LogP contribution in [0.15, 0.2) is 16.9 Å². The molecule has 4 aliphatic rings. The van der Waals surface area contributed by atoms with Crippen LogP contribution in [-0.4, -0.2) is 4.57 Å². The lowest BCUT2D eigenvalue weighted by molar-refractivity contribution is -0.00531. The first kappa shape index (κ1) is 11.6. The summed E-state index contributed by atoms with van der Waals surface area (Å²) in [6.07, 6.45) is 7.01. The van der Waals surface area contributed by atoms with Gasteiger partial charge in [-0.15, -0.1) is 0 Å². The Morgan fingerprint density at radius 3 is 2.21 bits per heavy atom. The van der Waals surface area contributed by atoms with Crippen molar-refractivity contribution in [3.8, 4) is 0 Å². The van der Waals surface area contributed by atoms with E-state index in [-0.39, 0.29) is 5.56 Å². The highest BCUT2D eigenvalue weighted by Gasteiger charge is 2.49. The molecule has 3 heteroatoms. The molecule has 0 aliphatic heterocycles. The summed E-state index contributed by atoms with van der Waals surface area (Å²) in [5.41, 5.74) is 7.31. The van der Waals surface area contributed by atoms with E-state index in [0.29, 0.717) is 11.6 Å². The molecule has 1 heterocycles. The van der Waals surface area contributed by atoms with E-state index in [2.05, 4.69) is 6.07 Å². The number of nitrogen functional groups attached to an aromatic ring is 1. The van der Waals surface area contributed by atoms with E-state index < -0.39 is 0 Å². The molecule has 0 radical (unpaired) electrons. The summed E-state index contributed by atoms with van der Waals surface area (Å²) in [5.74, 6) is 4.18. The largest absolute Gasteiger partial charge is 0.394 e. The fourth-order valence-electron chi connectivity index (χ4n) is 5.41. The second-order valence-electron chi connectivity index (χ2n) is 7.03. The molecule has 19 heavy (non-hydrogen) atoms. The maximum absolute atomic E-state index is 12.1. The molecule has 0 saturated heterocycles. The van der Waals surface area contributed by atoms with Gasteiger partial charge in [-0.2, -0.15) is 0 Å². The predicted octanol–water partition coefficient (Wildman–Crippen LogP) is 2.51. The van der Waals surface area contributed by atoms with Crippen molar-refractivity contribution in [2.75, 3.05) is 5.73 Å². The van der Waals surface area contributed by atoms with Crippen LogP contribution in [0.1, 0.15) is 43.7 Å². The fraction of sp³-hybridized carbons (Fsp3) is 0.688. The van der Waals surface area contributed by atoms with E-state index in [1.54, 1.807) is 0 Å². The lowest BCUT2D eigenvalue weighted by Gasteiger charge is -2.54. The third-order valence-electron chi connectivity index (χ3n) is 5.94. The van der Waals surface area contributed by atoms with E-state index in [1.807, 2.05) is 17.7 Å². The van der Waals surface area contributed by atoms with E-state index in [1.165, 1.54) is 37.8 Å². The Hall–Kier alpha value is -1.25. The van der Waals surface area contributed by atoms with Crippen LogP contribution in [0.2, 0.25) is 0 Å². The molecule has 3 nitrogen and oxygen atoms in total. The number of anilines is 1. The van der Waals surface area contributed by atoms with Gasteiger partial charge < -0.3 is 10.3 Å². The first-order chi connectivity index (χ1) is 9.13. The van der Waals surface area contributed by atoms with Crippen LogP contribution in [0.3, 0.4) is 0 Å². The van der Waals surface area contributed by atoms with Crippen molar-refractivity contribution in [2.24, 2.45) is 30.7 Å².